The molecule has 0 aromatic carbocycles. The quantitative estimate of drug-likeness (QED) is 0.445. The number of amides is 2. The van der Waals surface area contributed by atoms with Crippen LogP contribution in [-0.2, 0) is 23.9 Å². The van der Waals surface area contributed by atoms with Crippen LogP contribution in [0.25, 0.3) is 0 Å². The first-order chi connectivity index (χ1) is 7.70. The van der Waals surface area contributed by atoms with Gasteiger partial charge in [0.15, 0.2) is 6.61 Å². The number of hydrogen-bond donors (Lipinski definition) is 1. The van der Waals surface area contributed by atoms with Crippen LogP contribution in [0, 0.1) is 0 Å². The van der Waals surface area contributed by atoms with E-state index in [1.165, 1.54) is 0 Å². The summed E-state index contributed by atoms with van der Waals surface area (Å²) < 4.78 is 9.75. The maximum Gasteiger partial charge on any atom is 0.293 e. The smallest absolute Gasteiger partial charge is 0.293 e. The summed E-state index contributed by atoms with van der Waals surface area (Å²) in [5.41, 5.74) is 0. The molecule has 2 amide bonds. The number of carbonyl (C=O) groups excluding carboxylic acids is 3. The maximum absolute atomic E-state index is 11.1. The Morgan fingerprint density at radius 1 is 1.69 bits per heavy atom. The van der Waals surface area contributed by atoms with Crippen molar-refractivity contribution in [1.29, 1.82) is 0 Å². The van der Waals surface area contributed by atoms with Gasteiger partial charge in [0.2, 0.25) is 5.91 Å². The van der Waals surface area contributed by atoms with Gasteiger partial charge >= 0.3 is 0 Å². The number of nitrogens with zero attached hydrogens (tertiary/aromatic N) is 1. The molecule has 2 atom stereocenters. The van der Waals surface area contributed by atoms with Gasteiger partial charge in [-0.05, 0) is 0 Å². The first kappa shape index (κ1) is 10.9. The summed E-state index contributed by atoms with van der Waals surface area (Å²) in [4.78, 5) is 33.6. The minimum Gasteiger partial charge on any atom is -0.458 e. The van der Waals surface area contributed by atoms with Gasteiger partial charge in [-0.15, -0.1) is 0 Å². The molecule has 16 heavy (non-hydrogen) atoms. The molecule has 1 N–H and O–H groups in total. The SMILES string of the molecule is O=COCC(=O)NCC1CN2C(=O)CC2O1. The van der Waals surface area contributed by atoms with Crippen molar-refractivity contribution in [2.75, 3.05) is 19.7 Å². The summed E-state index contributed by atoms with van der Waals surface area (Å²) in [5, 5.41) is 2.56. The van der Waals surface area contributed by atoms with Crippen molar-refractivity contribution >= 4 is 18.3 Å². The Balaban J connectivity index is 1.66. The molecule has 0 spiro atoms. The summed E-state index contributed by atoms with van der Waals surface area (Å²) >= 11 is 0. The summed E-state index contributed by atoms with van der Waals surface area (Å²) in [6.45, 7) is 0.762. The standard InChI is InChI=1S/C9H12N2O5/c12-5-15-4-7(13)10-2-6-3-11-8(14)1-9(11)16-6/h5-6,9H,1-4H2,(H,10,13). The number of hydrogen-bond acceptors (Lipinski definition) is 5. The highest BCUT2D eigenvalue weighted by atomic mass is 16.5. The number of β-lactam (4-membered cyclic amide) rings is 1. The normalized spacial score (nSPS) is 27.0. The number of ether oxygens (including phenoxy) is 2. The van der Waals surface area contributed by atoms with E-state index in [0.717, 1.165) is 0 Å². The van der Waals surface area contributed by atoms with Crippen molar-refractivity contribution in [3.63, 3.8) is 0 Å². The molecular weight excluding hydrogens is 216 g/mol. The van der Waals surface area contributed by atoms with E-state index in [0.29, 0.717) is 19.5 Å². The topological polar surface area (TPSA) is 84.9 Å². The maximum atomic E-state index is 11.1. The Morgan fingerprint density at radius 3 is 3.12 bits per heavy atom. The van der Waals surface area contributed by atoms with E-state index in [4.69, 9.17) is 4.74 Å². The molecule has 2 unspecified atom stereocenters. The zero-order valence-corrected chi connectivity index (χ0v) is 8.55. The van der Waals surface area contributed by atoms with E-state index < -0.39 is 0 Å². The van der Waals surface area contributed by atoms with Gasteiger partial charge in [-0.25, -0.2) is 0 Å². The van der Waals surface area contributed by atoms with Gasteiger partial charge in [0.1, 0.15) is 6.23 Å². The van der Waals surface area contributed by atoms with Gasteiger partial charge in [0.25, 0.3) is 12.4 Å². The zero-order chi connectivity index (χ0) is 11.5. The first-order valence-electron chi connectivity index (χ1n) is 4.97. The van der Waals surface area contributed by atoms with E-state index in [1.807, 2.05) is 0 Å². The van der Waals surface area contributed by atoms with E-state index in [-0.39, 0.29) is 37.2 Å². The summed E-state index contributed by atoms with van der Waals surface area (Å²) in [6, 6.07) is 0. The fraction of sp³-hybridized carbons (Fsp3) is 0.667. The second-order valence-electron chi connectivity index (χ2n) is 3.67. The van der Waals surface area contributed by atoms with E-state index in [9.17, 15) is 14.4 Å². The van der Waals surface area contributed by atoms with Gasteiger partial charge in [-0.2, -0.15) is 0 Å². The number of carbonyl (C=O) groups is 3. The van der Waals surface area contributed by atoms with Crippen LogP contribution in [0.3, 0.4) is 0 Å². The molecule has 2 fully saturated rings. The van der Waals surface area contributed by atoms with Gasteiger partial charge < -0.3 is 19.7 Å². The van der Waals surface area contributed by atoms with Crippen LogP contribution >= 0.6 is 0 Å². The molecule has 2 heterocycles. The molecule has 0 radical (unpaired) electrons. The molecule has 88 valence electrons. The third kappa shape index (κ3) is 2.13. The third-order valence-corrected chi connectivity index (χ3v) is 2.58. The molecule has 0 aromatic heterocycles. The molecule has 0 aliphatic carbocycles. The van der Waals surface area contributed by atoms with Gasteiger partial charge in [-0.3, -0.25) is 14.4 Å². The fourth-order valence-electron chi connectivity index (χ4n) is 1.75. The largest absolute Gasteiger partial charge is 0.458 e. The van der Waals surface area contributed by atoms with Crippen molar-refractivity contribution in [1.82, 2.24) is 10.2 Å². The van der Waals surface area contributed by atoms with E-state index in [2.05, 4.69) is 10.1 Å². The minimum atomic E-state index is -0.378. The summed E-state index contributed by atoms with van der Waals surface area (Å²) in [5.74, 6) is -0.292. The van der Waals surface area contributed by atoms with Gasteiger partial charge in [0.05, 0.1) is 19.1 Å². The molecular formula is C9H12N2O5. The van der Waals surface area contributed by atoms with Crippen LogP contribution in [-0.4, -0.2) is 55.2 Å². The number of nitrogens with one attached hydrogen (secondary N) is 1. The Bertz CT molecular complexity index is 319. The number of fused-ring (bicyclic) bond motifs is 1. The lowest BCUT2D eigenvalue weighted by molar-refractivity contribution is -0.156. The average Bonchev–Trinajstić information content (AvgIpc) is 2.60. The van der Waals surface area contributed by atoms with E-state index >= 15 is 0 Å². The molecule has 2 saturated heterocycles. The molecule has 2 aliphatic rings. The lowest BCUT2D eigenvalue weighted by Gasteiger charge is -2.31. The van der Waals surface area contributed by atoms with Crippen molar-refractivity contribution in [2.45, 2.75) is 18.8 Å². The van der Waals surface area contributed by atoms with Crippen LogP contribution < -0.4 is 5.32 Å². The Kier molecular flexibility index (Phi) is 3.04. The van der Waals surface area contributed by atoms with Crippen LogP contribution in [0.15, 0.2) is 0 Å². The van der Waals surface area contributed by atoms with Crippen molar-refractivity contribution < 1.29 is 23.9 Å². The molecule has 2 aliphatic heterocycles. The highest BCUT2D eigenvalue weighted by Gasteiger charge is 2.45. The molecule has 0 aromatic rings. The Morgan fingerprint density at radius 2 is 2.50 bits per heavy atom. The van der Waals surface area contributed by atoms with Crippen LogP contribution in [0.5, 0.6) is 0 Å². The highest BCUT2D eigenvalue weighted by Crippen LogP contribution is 2.28. The predicted molar refractivity (Wildman–Crippen MR) is 50.0 cm³/mol. The molecule has 0 saturated carbocycles. The highest BCUT2D eigenvalue weighted by molar-refractivity contribution is 5.83. The zero-order valence-electron chi connectivity index (χ0n) is 8.55. The second-order valence-corrected chi connectivity index (χ2v) is 3.67. The van der Waals surface area contributed by atoms with Crippen molar-refractivity contribution in [2.24, 2.45) is 0 Å². The van der Waals surface area contributed by atoms with Gasteiger partial charge in [0, 0.05) is 6.54 Å². The third-order valence-electron chi connectivity index (χ3n) is 2.58. The van der Waals surface area contributed by atoms with Crippen LogP contribution in [0.4, 0.5) is 0 Å². The van der Waals surface area contributed by atoms with Crippen LogP contribution in [0.2, 0.25) is 0 Å². The summed E-state index contributed by atoms with van der Waals surface area (Å²) in [7, 11) is 0. The molecule has 7 heteroatoms. The molecule has 2 rings (SSSR count). The molecule has 7 nitrogen and oxygen atoms in total. The van der Waals surface area contributed by atoms with E-state index in [1.54, 1.807) is 4.90 Å². The predicted octanol–water partition coefficient (Wildman–Crippen LogP) is -1.77. The van der Waals surface area contributed by atoms with Gasteiger partial charge in [-0.1, -0.05) is 0 Å². The monoisotopic (exact) mass is 228 g/mol. The summed E-state index contributed by atoms with van der Waals surface area (Å²) in [6.07, 6.45) is 0.149. The fourth-order valence-corrected chi connectivity index (χ4v) is 1.75. The Labute approximate surface area is 91.7 Å². The average molecular weight is 228 g/mol. The lowest BCUT2D eigenvalue weighted by Crippen LogP contribution is -2.48. The van der Waals surface area contributed by atoms with Crippen LogP contribution in [0.1, 0.15) is 6.42 Å². The van der Waals surface area contributed by atoms with Crippen molar-refractivity contribution in [3.05, 3.63) is 0 Å². The lowest BCUT2D eigenvalue weighted by atomic mass is 10.2. The molecule has 0 bridgehead atoms. The van der Waals surface area contributed by atoms with Crippen molar-refractivity contribution in [3.8, 4) is 0 Å². The first-order valence-corrected chi connectivity index (χ1v) is 4.97. The number of rotatable bonds is 5. The second kappa shape index (κ2) is 4.48. The Hall–Kier alpha value is -1.63. The minimum absolute atomic E-state index is 0.0862.